The third-order valence-electron chi connectivity index (χ3n) is 1.92. The van der Waals surface area contributed by atoms with Crippen LogP contribution in [-0.2, 0) is 11.4 Å². The average Bonchev–Trinajstić information content (AvgIpc) is 2.34. The van der Waals surface area contributed by atoms with Crippen LogP contribution >= 0.6 is 0 Å². The van der Waals surface area contributed by atoms with Crippen molar-refractivity contribution in [1.82, 2.24) is 9.62 Å². The van der Waals surface area contributed by atoms with E-state index in [0.717, 1.165) is 19.5 Å². The Morgan fingerprint density at radius 1 is 1.70 bits per heavy atom. The molecule has 0 aliphatic carbocycles. The zero-order valence-corrected chi connectivity index (χ0v) is 7.28. The van der Waals surface area contributed by atoms with Crippen molar-refractivity contribution >= 4 is 11.4 Å². The molecule has 0 bridgehead atoms. The Balaban J connectivity index is 2.28. The van der Waals surface area contributed by atoms with Gasteiger partial charge in [0.2, 0.25) is 0 Å². The minimum atomic E-state index is -0.770. The first-order valence-corrected chi connectivity index (χ1v) is 5.01. The van der Waals surface area contributed by atoms with Gasteiger partial charge in [0, 0.05) is 23.9 Å². The lowest BCUT2D eigenvalue weighted by atomic mass is 10.3. The smallest absolute Gasteiger partial charge is 0.115 e. The van der Waals surface area contributed by atoms with Crippen LogP contribution in [0.4, 0.5) is 0 Å². The molecule has 10 heavy (non-hydrogen) atoms. The van der Waals surface area contributed by atoms with Gasteiger partial charge in [-0.15, -0.1) is 4.31 Å². The summed E-state index contributed by atoms with van der Waals surface area (Å²) in [6.45, 7) is 1.90. The van der Waals surface area contributed by atoms with Gasteiger partial charge in [-0.25, -0.2) is 0 Å². The van der Waals surface area contributed by atoms with E-state index in [9.17, 15) is 4.55 Å². The van der Waals surface area contributed by atoms with Crippen molar-refractivity contribution in [2.75, 3.05) is 26.4 Å². The molecule has 0 aromatic heterocycles. The largest absolute Gasteiger partial charge is 0.598 e. The highest BCUT2D eigenvalue weighted by Crippen LogP contribution is 2.11. The highest BCUT2D eigenvalue weighted by molar-refractivity contribution is 7.88. The van der Waals surface area contributed by atoms with Gasteiger partial charge in [0.15, 0.2) is 0 Å². The normalized spacial score (nSPS) is 30.9. The maximum Gasteiger partial charge on any atom is 0.115 e. The number of hydrogen-bond acceptors (Lipinski definition) is 3. The molecule has 1 aliphatic rings. The summed E-state index contributed by atoms with van der Waals surface area (Å²) in [5.74, 6) is 0. The van der Waals surface area contributed by atoms with Gasteiger partial charge in [0.25, 0.3) is 0 Å². The number of nitrogens with zero attached hydrogens (tertiary/aromatic N) is 1. The first-order valence-electron chi connectivity index (χ1n) is 3.50. The van der Waals surface area contributed by atoms with Crippen molar-refractivity contribution in [1.29, 1.82) is 0 Å². The third kappa shape index (κ3) is 1.85. The fraction of sp³-hybridized carbons (Fsp3) is 1.00. The second kappa shape index (κ2) is 3.57. The minimum absolute atomic E-state index is 0.545. The summed E-state index contributed by atoms with van der Waals surface area (Å²) in [6.07, 6.45) is 2.86. The molecule has 0 saturated carbocycles. The zero-order valence-electron chi connectivity index (χ0n) is 6.46. The molecule has 1 heterocycles. The van der Waals surface area contributed by atoms with Crippen LogP contribution in [0.1, 0.15) is 6.42 Å². The van der Waals surface area contributed by atoms with Gasteiger partial charge < -0.3 is 9.87 Å². The lowest BCUT2D eigenvalue weighted by Gasteiger charge is -2.15. The summed E-state index contributed by atoms with van der Waals surface area (Å²) < 4.78 is 12.9. The Hall–Kier alpha value is 0.230. The fourth-order valence-electron chi connectivity index (χ4n) is 1.20. The van der Waals surface area contributed by atoms with Crippen LogP contribution in [-0.4, -0.2) is 41.3 Å². The molecule has 3 nitrogen and oxygen atoms in total. The molecule has 0 amide bonds. The summed E-state index contributed by atoms with van der Waals surface area (Å²) in [4.78, 5) is 0. The van der Waals surface area contributed by atoms with Gasteiger partial charge in [-0.1, -0.05) is 0 Å². The predicted molar refractivity (Wildman–Crippen MR) is 43.1 cm³/mol. The zero-order chi connectivity index (χ0) is 7.56. The van der Waals surface area contributed by atoms with Crippen molar-refractivity contribution in [3.05, 3.63) is 0 Å². The van der Waals surface area contributed by atoms with Crippen molar-refractivity contribution < 1.29 is 4.55 Å². The number of likely N-dealkylation sites (N-methyl/N-ethyl adjacent to an activating group) is 1. The van der Waals surface area contributed by atoms with Gasteiger partial charge >= 0.3 is 0 Å². The Kier molecular flexibility index (Phi) is 2.97. The highest BCUT2D eigenvalue weighted by atomic mass is 32.2. The molecule has 2 atom stereocenters. The average molecular weight is 162 g/mol. The van der Waals surface area contributed by atoms with Crippen LogP contribution in [0.5, 0.6) is 0 Å². The van der Waals surface area contributed by atoms with Crippen LogP contribution in [0.2, 0.25) is 0 Å². The molecular formula is C6H14N2OS. The molecule has 1 N–H and O–H groups in total. The summed E-state index contributed by atoms with van der Waals surface area (Å²) in [5.41, 5.74) is 0. The van der Waals surface area contributed by atoms with Crippen LogP contribution in [0.15, 0.2) is 0 Å². The standard InChI is InChI=1S/C6H14N2OS/c1-7-6-3-4-8(5-6)10(2)9/h6-7H,3-5H2,1-2H3. The van der Waals surface area contributed by atoms with Crippen molar-refractivity contribution in [3.63, 3.8) is 0 Å². The molecule has 0 spiro atoms. The van der Waals surface area contributed by atoms with E-state index in [-0.39, 0.29) is 0 Å². The Labute approximate surface area is 65.1 Å². The highest BCUT2D eigenvalue weighted by Gasteiger charge is 2.26. The molecule has 0 aromatic carbocycles. The lowest BCUT2D eigenvalue weighted by molar-refractivity contribution is 0.469. The van der Waals surface area contributed by atoms with Crippen LogP contribution in [0, 0.1) is 0 Å². The molecule has 1 saturated heterocycles. The minimum Gasteiger partial charge on any atom is -0.598 e. The monoisotopic (exact) mass is 162 g/mol. The first-order chi connectivity index (χ1) is 4.74. The summed E-state index contributed by atoms with van der Waals surface area (Å²) in [6, 6.07) is 0.545. The quantitative estimate of drug-likeness (QED) is 0.560. The van der Waals surface area contributed by atoms with E-state index in [1.807, 2.05) is 11.4 Å². The molecule has 4 heteroatoms. The topological polar surface area (TPSA) is 38.3 Å². The molecule has 2 unspecified atom stereocenters. The first kappa shape index (κ1) is 8.33. The predicted octanol–water partition coefficient (Wildman–Crippen LogP) is -0.426. The van der Waals surface area contributed by atoms with Gasteiger partial charge in [0.05, 0.1) is 6.54 Å². The van der Waals surface area contributed by atoms with Crippen molar-refractivity contribution in [2.45, 2.75) is 12.5 Å². The molecular weight excluding hydrogens is 148 g/mol. The molecule has 1 aliphatic heterocycles. The molecule has 1 rings (SSSR count). The number of rotatable bonds is 2. The van der Waals surface area contributed by atoms with E-state index in [4.69, 9.17) is 0 Å². The summed E-state index contributed by atoms with van der Waals surface area (Å²) in [7, 11) is 1.95. The van der Waals surface area contributed by atoms with Gasteiger partial charge in [-0.2, -0.15) is 0 Å². The maximum absolute atomic E-state index is 10.9. The summed E-state index contributed by atoms with van der Waals surface area (Å²) >= 11 is -0.770. The van der Waals surface area contributed by atoms with Crippen LogP contribution < -0.4 is 5.32 Å². The Morgan fingerprint density at radius 2 is 2.40 bits per heavy atom. The lowest BCUT2D eigenvalue weighted by Crippen LogP contribution is -2.32. The second-order valence-corrected chi connectivity index (χ2v) is 3.95. The van der Waals surface area contributed by atoms with E-state index in [0.29, 0.717) is 6.04 Å². The van der Waals surface area contributed by atoms with Crippen LogP contribution in [0.3, 0.4) is 0 Å². The van der Waals surface area contributed by atoms with E-state index in [1.165, 1.54) is 0 Å². The van der Waals surface area contributed by atoms with Gasteiger partial charge in [0.1, 0.15) is 6.26 Å². The number of nitrogens with one attached hydrogen (secondary N) is 1. The SMILES string of the molecule is CNC1CCN([S+](C)[O-])C1. The fourth-order valence-corrected chi connectivity index (χ4v) is 1.95. The Morgan fingerprint density at radius 3 is 2.70 bits per heavy atom. The van der Waals surface area contributed by atoms with E-state index in [1.54, 1.807) is 6.26 Å². The second-order valence-electron chi connectivity index (χ2n) is 2.59. The van der Waals surface area contributed by atoms with E-state index >= 15 is 0 Å². The van der Waals surface area contributed by atoms with Gasteiger partial charge in [-0.05, 0) is 13.5 Å². The molecule has 60 valence electrons. The third-order valence-corrected chi connectivity index (χ3v) is 2.98. The van der Waals surface area contributed by atoms with E-state index in [2.05, 4.69) is 5.32 Å². The van der Waals surface area contributed by atoms with Gasteiger partial charge in [-0.3, -0.25) is 0 Å². The molecule has 0 aromatic rings. The Bertz CT molecular complexity index is 110. The maximum atomic E-state index is 10.9. The van der Waals surface area contributed by atoms with Crippen molar-refractivity contribution in [3.8, 4) is 0 Å². The molecule has 1 fully saturated rings. The van der Waals surface area contributed by atoms with Crippen molar-refractivity contribution in [2.24, 2.45) is 0 Å². The number of hydrogen-bond donors (Lipinski definition) is 1. The van der Waals surface area contributed by atoms with E-state index < -0.39 is 11.4 Å². The van der Waals surface area contributed by atoms with Crippen LogP contribution in [0.25, 0.3) is 0 Å². The summed E-state index contributed by atoms with van der Waals surface area (Å²) in [5, 5.41) is 3.17. The molecule has 0 radical (unpaired) electrons.